The van der Waals surface area contributed by atoms with E-state index in [0.717, 1.165) is 12.8 Å². The maximum atomic E-state index is 13.7. The number of piperidine rings is 1. The fourth-order valence-electron chi connectivity index (χ4n) is 3.12. The van der Waals surface area contributed by atoms with Gasteiger partial charge in [0.15, 0.2) is 0 Å². The number of hydrogen-bond acceptors (Lipinski definition) is 2. The molecule has 0 spiro atoms. The summed E-state index contributed by atoms with van der Waals surface area (Å²) in [6, 6.07) is 6.38. The first kappa shape index (κ1) is 19.2. The predicted octanol–water partition coefficient (Wildman–Crippen LogP) is 2.66. The van der Waals surface area contributed by atoms with Crippen LogP contribution in [0.5, 0.6) is 0 Å². The van der Waals surface area contributed by atoms with Crippen LogP contribution in [0.4, 0.5) is 9.18 Å². The van der Waals surface area contributed by atoms with Crippen LogP contribution in [0.1, 0.15) is 31.7 Å². The van der Waals surface area contributed by atoms with Crippen LogP contribution in [-0.2, 0) is 11.2 Å². The topological polar surface area (TPSA) is 52.7 Å². The zero-order chi connectivity index (χ0) is 18.4. The summed E-state index contributed by atoms with van der Waals surface area (Å²) < 4.78 is 13.7. The molecule has 5 nitrogen and oxygen atoms in total. The molecule has 1 unspecified atom stereocenters. The van der Waals surface area contributed by atoms with Crippen LogP contribution in [-0.4, -0.2) is 55.0 Å². The SMILES string of the molecule is CC(Cc1ccccc1F)NC(=O)N1CCC(CC(=O)N(C)C)CC1. The Morgan fingerprint density at radius 3 is 2.52 bits per heavy atom. The molecule has 1 heterocycles. The van der Waals surface area contributed by atoms with Gasteiger partial charge in [0.25, 0.3) is 0 Å². The number of halogens is 1. The van der Waals surface area contributed by atoms with Gasteiger partial charge in [-0.1, -0.05) is 18.2 Å². The van der Waals surface area contributed by atoms with E-state index in [2.05, 4.69) is 5.32 Å². The molecule has 25 heavy (non-hydrogen) atoms. The highest BCUT2D eigenvalue weighted by molar-refractivity contribution is 5.76. The van der Waals surface area contributed by atoms with Crippen LogP contribution in [0.2, 0.25) is 0 Å². The van der Waals surface area contributed by atoms with Crippen molar-refractivity contribution in [1.82, 2.24) is 15.1 Å². The summed E-state index contributed by atoms with van der Waals surface area (Å²) in [7, 11) is 3.53. The molecule has 1 aromatic carbocycles. The monoisotopic (exact) mass is 349 g/mol. The zero-order valence-corrected chi connectivity index (χ0v) is 15.3. The van der Waals surface area contributed by atoms with Gasteiger partial charge in [0.2, 0.25) is 5.91 Å². The molecule has 0 saturated carbocycles. The lowest BCUT2D eigenvalue weighted by Crippen LogP contribution is -2.48. The van der Waals surface area contributed by atoms with E-state index in [1.54, 1.807) is 42.1 Å². The van der Waals surface area contributed by atoms with Crippen molar-refractivity contribution in [2.24, 2.45) is 5.92 Å². The fourth-order valence-corrected chi connectivity index (χ4v) is 3.12. The van der Waals surface area contributed by atoms with Gasteiger partial charge < -0.3 is 15.1 Å². The van der Waals surface area contributed by atoms with Crippen molar-refractivity contribution in [3.05, 3.63) is 35.6 Å². The first-order valence-corrected chi connectivity index (χ1v) is 8.85. The number of benzene rings is 1. The molecule has 0 radical (unpaired) electrons. The molecule has 1 aliphatic rings. The highest BCUT2D eigenvalue weighted by atomic mass is 19.1. The molecule has 1 atom stereocenters. The van der Waals surface area contributed by atoms with E-state index in [4.69, 9.17) is 0 Å². The Kier molecular flexibility index (Phi) is 6.79. The van der Waals surface area contributed by atoms with Crippen molar-refractivity contribution in [3.63, 3.8) is 0 Å². The molecule has 1 aliphatic heterocycles. The number of carbonyl (C=O) groups excluding carboxylic acids is 2. The van der Waals surface area contributed by atoms with Gasteiger partial charge in [-0.3, -0.25) is 4.79 Å². The first-order chi connectivity index (χ1) is 11.9. The first-order valence-electron chi connectivity index (χ1n) is 8.85. The second kappa shape index (κ2) is 8.83. The van der Waals surface area contributed by atoms with E-state index >= 15 is 0 Å². The third-order valence-corrected chi connectivity index (χ3v) is 4.72. The average molecular weight is 349 g/mol. The quantitative estimate of drug-likeness (QED) is 0.888. The maximum Gasteiger partial charge on any atom is 0.317 e. The van der Waals surface area contributed by atoms with Crippen LogP contribution in [0.3, 0.4) is 0 Å². The number of hydrogen-bond donors (Lipinski definition) is 1. The number of nitrogens with one attached hydrogen (secondary N) is 1. The summed E-state index contributed by atoms with van der Waals surface area (Å²) in [6.45, 7) is 3.19. The van der Waals surface area contributed by atoms with Gasteiger partial charge in [-0.25, -0.2) is 9.18 Å². The van der Waals surface area contributed by atoms with E-state index in [1.165, 1.54) is 6.07 Å². The van der Waals surface area contributed by atoms with E-state index in [0.29, 0.717) is 37.4 Å². The van der Waals surface area contributed by atoms with Crippen molar-refractivity contribution in [2.75, 3.05) is 27.2 Å². The third-order valence-electron chi connectivity index (χ3n) is 4.72. The summed E-state index contributed by atoms with van der Waals surface area (Å²) in [5.74, 6) is 0.242. The van der Waals surface area contributed by atoms with Crippen LogP contribution in [0.15, 0.2) is 24.3 Å². The van der Waals surface area contributed by atoms with Crippen molar-refractivity contribution in [2.45, 2.75) is 38.6 Å². The predicted molar refractivity (Wildman–Crippen MR) is 95.7 cm³/mol. The Balaban J connectivity index is 1.76. The minimum Gasteiger partial charge on any atom is -0.349 e. The molecule has 0 aliphatic carbocycles. The molecule has 0 aromatic heterocycles. The average Bonchev–Trinajstić information content (AvgIpc) is 2.57. The maximum absolute atomic E-state index is 13.7. The number of nitrogens with zero attached hydrogens (tertiary/aromatic N) is 2. The minimum atomic E-state index is -0.241. The number of urea groups is 1. The van der Waals surface area contributed by atoms with Gasteiger partial charge in [-0.05, 0) is 43.7 Å². The summed E-state index contributed by atoms with van der Waals surface area (Å²) >= 11 is 0. The smallest absolute Gasteiger partial charge is 0.317 e. The molecule has 1 aromatic rings. The lowest BCUT2D eigenvalue weighted by molar-refractivity contribution is -0.129. The number of likely N-dealkylation sites (tertiary alicyclic amines) is 1. The standard InChI is InChI=1S/C19H28FN3O2/c1-14(12-16-6-4-5-7-17(16)20)21-19(25)23-10-8-15(9-11-23)13-18(24)22(2)3/h4-7,14-15H,8-13H2,1-3H3,(H,21,25). The highest BCUT2D eigenvalue weighted by Crippen LogP contribution is 2.21. The number of amides is 3. The van der Waals surface area contributed by atoms with Crippen molar-refractivity contribution in [3.8, 4) is 0 Å². The molecule has 138 valence electrons. The molecule has 3 amide bonds. The van der Waals surface area contributed by atoms with Gasteiger partial charge in [-0.2, -0.15) is 0 Å². The summed E-state index contributed by atoms with van der Waals surface area (Å²) in [6.07, 6.45) is 2.70. The molecule has 1 fully saturated rings. The van der Waals surface area contributed by atoms with E-state index in [-0.39, 0.29) is 23.8 Å². The summed E-state index contributed by atoms with van der Waals surface area (Å²) in [4.78, 5) is 27.5. The molecular weight excluding hydrogens is 321 g/mol. The van der Waals surface area contributed by atoms with Crippen molar-refractivity contribution >= 4 is 11.9 Å². The fraction of sp³-hybridized carbons (Fsp3) is 0.579. The van der Waals surface area contributed by atoms with Crippen LogP contribution in [0.25, 0.3) is 0 Å². The van der Waals surface area contributed by atoms with Gasteiger partial charge in [-0.15, -0.1) is 0 Å². The molecule has 6 heteroatoms. The van der Waals surface area contributed by atoms with Gasteiger partial charge in [0.05, 0.1) is 0 Å². The molecule has 2 rings (SSSR count). The Labute approximate surface area is 149 Å². The van der Waals surface area contributed by atoms with Crippen molar-refractivity contribution < 1.29 is 14.0 Å². The Bertz CT molecular complexity index is 598. The van der Waals surface area contributed by atoms with Crippen molar-refractivity contribution in [1.29, 1.82) is 0 Å². The van der Waals surface area contributed by atoms with Gasteiger partial charge >= 0.3 is 6.03 Å². The normalized spacial score (nSPS) is 16.4. The van der Waals surface area contributed by atoms with Gasteiger partial charge in [0.1, 0.15) is 5.82 Å². The lowest BCUT2D eigenvalue weighted by Gasteiger charge is -2.33. The van der Waals surface area contributed by atoms with Crippen LogP contribution >= 0.6 is 0 Å². The molecular formula is C19H28FN3O2. The molecule has 1 N–H and O–H groups in total. The lowest BCUT2D eigenvalue weighted by atomic mass is 9.93. The van der Waals surface area contributed by atoms with Crippen LogP contribution < -0.4 is 5.32 Å². The Morgan fingerprint density at radius 2 is 1.92 bits per heavy atom. The number of carbonyl (C=O) groups is 2. The summed E-state index contributed by atoms with van der Waals surface area (Å²) in [5.41, 5.74) is 0.608. The molecule has 0 bridgehead atoms. The largest absolute Gasteiger partial charge is 0.349 e. The minimum absolute atomic E-state index is 0.110. The van der Waals surface area contributed by atoms with E-state index in [1.807, 2.05) is 6.92 Å². The summed E-state index contributed by atoms with van der Waals surface area (Å²) in [5, 5.41) is 2.94. The highest BCUT2D eigenvalue weighted by Gasteiger charge is 2.25. The van der Waals surface area contributed by atoms with E-state index < -0.39 is 0 Å². The second-order valence-corrected chi connectivity index (χ2v) is 7.07. The third kappa shape index (κ3) is 5.73. The molecule has 1 saturated heterocycles. The zero-order valence-electron chi connectivity index (χ0n) is 15.3. The van der Waals surface area contributed by atoms with Gasteiger partial charge in [0, 0.05) is 39.6 Å². The Hall–Kier alpha value is -2.11. The number of rotatable bonds is 5. The Morgan fingerprint density at radius 1 is 1.28 bits per heavy atom. The van der Waals surface area contributed by atoms with Crippen LogP contribution in [0, 0.1) is 11.7 Å². The second-order valence-electron chi connectivity index (χ2n) is 7.07. The van der Waals surface area contributed by atoms with E-state index in [9.17, 15) is 14.0 Å².